The third-order valence-corrected chi connectivity index (χ3v) is 5.61. The zero-order chi connectivity index (χ0) is 24.1. The van der Waals surface area contributed by atoms with E-state index >= 15 is 0 Å². The molecule has 1 heterocycles. The molecule has 0 saturated carbocycles. The SMILES string of the molecule is O=C(NCc1ocnc1C(=O)NC(CCO)C(=O)O)OCC1c2ccccc2-c2ccccc21. The maximum Gasteiger partial charge on any atom is 0.407 e. The lowest BCUT2D eigenvalue weighted by atomic mass is 9.98. The zero-order valence-corrected chi connectivity index (χ0v) is 18.1. The molecule has 0 radical (unpaired) electrons. The molecule has 34 heavy (non-hydrogen) atoms. The lowest BCUT2D eigenvalue weighted by Crippen LogP contribution is -2.42. The van der Waals surface area contributed by atoms with Gasteiger partial charge in [0.1, 0.15) is 12.6 Å². The lowest BCUT2D eigenvalue weighted by Gasteiger charge is -2.14. The third-order valence-electron chi connectivity index (χ3n) is 5.61. The first-order valence-electron chi connectivity index (χ1n) is 10.6. The van der Waals surface area contributed by atoms with Crippen LogP contribution in [-0.4, -0.2) is 52.4 Å². The number of hydrogen-bond acceptors (Lipinski definition) is 7. The number of aliphatic hydroxyl groups is 1. The van der Waals surface area contributed by atoms with Gasteiger partial charge in [0.05, 0.1) is 6.54 Å². The molecule has 1 aromatic heterocycles. The van der Waals surface area contributed by atoms with Crippen LogP contribution in [0.15, 0.2) is 59.3 Å². The van der Waals surface area contributed by atoms with Gasteiger partial charge in [0.2, 0.25) is 0 Å². The van der Waals surface area contributed by atoms with Gasteiger partial charge < -0.3 is 30.0 Å². The number of aliphatic hydroxyl groups excluding tert-OH is 1. The van der Waals surface area contributed by atoms with Gasteiger partial charge in [0.25, 0.3) is 5.91 Å². The summed E-state index contributed by atoms with van der Waals surface area (Å²) in [4.78, 5) is 39.7. The average molecular weight is 465 g/mol. The Kier molecular flexibility index (Phi) is 6.88. The molecular weight excluding hydrogens is 442 g/mol. The second kappa shape index (κ2) is 10.2. The van der Waals surface area contributed by atoms with Crippen LogP contribution in [0.5, 0.6) is 0 Å². The number of oxazole rings is 1. The second-order valence-corrected chi connectivity index (χ2v) is 7.68. The predicted octanol–water partition coefficient (Wildman–Crippen LogP) is 2.28. The summed E-state index contributed by atoms with van der Waals surface area (Å²) in [5.41, 5.74) is 4.24. The van der Waals surface area contributed by atoms with E-state index in [2.05, 4.69) is 15.6 Å². The minimum atomic E-state index is -1.29. The molecule has 4 rings (SSSR count). The normalized spacial score (nSPS) is 13.0. The minimum absolute atomic E-state index is 0.0409. The van der Waals surface area contributed by atoms with Crippen molar-refractivity contribution >= 4 is 18.0 Å². The quantitative estimate of drug-likeness (QED) is 0.376. The fraction of sp³-hybridized carbons (Fsp3) is 0.250. The van der Waals surface area contributed by atoms with Gasteiger partial charge in [-0.2, -0.15) is 0 Å². The molecule has 1 aliphatic rings. The van der Waals surface area contributed by atoms with Crippen molar-refractivity contribution in [2.75, 3.05) is 13.2 Å². The van der Waals surface area contributed by atoms with Gasteiger partial charge in [-0.05, 0) is 22.3 Å². The fourth-order valence-corrected chi connectivity index (χ4v) is 4.00. The number of carboxylic acids is 1. The van der Waals surface area contributed by atoms with Crippen LogP contribution in [0.2, 0.25) is 0 Å². The summed E-state index contributed by atoms with van der Waals surface area (Å²) in [6, 6.07) is 14.7. The van der Waals surface area contributed by atoms with Crippen molar-refractivity contribution in [3.05, 3.63) is 77.5 Å². The molecule has 0 fully saturated rings. The van der Waals surface area contributed by atoms with Gasteiger partial charge in [-0.15, -0.1) is 0 Å². The average Bonchev–Trinajstić information content (AvgIpc) is 3.44. The fourth-order valence-electron chi connectivity index (χ4n) is 4.00. The van der Waals surface area contributed by atoms with E-state index in [-0.39, 0.29) is 36.9 Å². The number of aromatic nitrogens is 1. The van der Waals surface area contributed by atoms with Crippen molar-refractivity contribution in [3.63, 3.8) is 0 Å². The number of nitrogens with one attached hydrogen (secondary N) is 2. The highest BCUT2D eigenvalue weighted by molar-refractivity contribution is 5.95. The number of rotatable bonds is 9. The Morgan fingerprint density at radius 1 is 1.06 bits per heavy atom. The van der Waals surface area contributed by atoms with Crippen molar-refractivity contribution < 1.29 is 33.8 Å². The number of ether oxygens (including phenoxy) is 1. The number of nitrogens with zero attached hydrogens (tertiary/aromatic N) is 1. The molecule has 3 aromatic rings. The molecule has 0 saturated heterocycles. The Morgan fingerprint density at radius 3 is 2.32 bits per heavy atom. The van der Waals surface area contributed by atoms with Gasteiger partial charge in [-0.25, -0.2) is 14.6 Å². The summed E-state index contributed by atoms with van der Waals surface area (Å²) in [5, 5.41) is 22.9. The number of carbonyl (C=O) groups excluding carboxylic acids is 2. The van der Waals surface area contributed by atoms with Gasteiger partial charge in [-0.3, -0.25) is 4.79 Å². The van der Waals surface area contributed by atoms with E-state index in [4.69, 9.17) is 19.4 Å². The number of carbonyl (C=O) groups is 3. The number of aliphatic carboxylic acids is 1. The largest absolute Gasteiger partial charge is 0.480 e. The van der Waals surface area contributed by atoms with E-state index in [1.165, 1.54) is 0 Å². The van der Waals surface area contributed by atoms with Crippen LogP contribution >= 0.6 is 0 Å². The van der Waals surface area contributed by atoms with Crippen LogP contribution in [0.4, 0.5) is 4.79 Å². The van der Waals surface area contributed by atoms with Crippen LogP contribution in [0.1, 0.15) is 39.7 Å². The molecule has 0 bridgehead atoms. The van der Waals surface area contributed by atoms with Crippen molar-refractivity contribution in [1.29, 1.82) is 0 Å². The molecule has 2 amide bonds. The van der Waals surface area contributed by atoms with Crippen molar-refractivity contribution in [2.45, 2.75) is 24.9 Å². The first kappa shape index (κ1) is 23.0. The number of alkyl carbamates (subject to hydrolysis) is 1. The van der Waals surface area contributed by atoms with Gasteiger partial charge in [0.15, 0.2) is 17.8 Å². The van der Waals surface area contributed by atoms with Crippen LogP contribution in [0.3, 0.4) is 0 Å². The number of hydrogen-bond donors (Lipinski definition) is 4. The van der Waals surface area contributed by atoms with Gasteiger partial charge in [-0.1, -0.05) is 48.5 Å². The molecule has 10 heteroatoms. The standard InChI is InChI=1S/C24H23N3O7/c28-10-9-19(23(30)31)27-22(29)21-20(34-13-26-21)11-25-24(32)33-12-18-16-7-3-1-5-14(16)15-6-2-4-8-17(15)18/h1-8,13,18-19,28H,9-12H2,(H,25,32)(H,27,29)(H,30,31). The summed E-state index contributed by atoms with van der Waals surface area (Å²) < 4.78 is 10.6. The second-order valence-electron chi connectivity index (χ2n) is 7.68. The van der Waals surface area contributed by atoms with E-state index in [0.29, 0.717) is 0 Å². The molecule has 1 aliphatic carbocycles. The van der Waals surface area contributed by atoms with Crippen LogP contribution < -0.4 is 10.6 Å². The van der Waals surface area contributed by atoms with Crippen LogP contribution in [-0.2, 0) is 16.1 Å². The first-order valence-corrected chi connectivity index (χ1v) is 10.6. The highest BCUT2D eigenvalue weighted by atomic mass is 16.5. The molecule has 2 aromatic carbocycles. The maximum atomic E-state index is 12.4. The van der Waals surface area contributed by atoms with E-state index in [1.54, 1.807) is 0 Å². The van der Waals surface area contributed by atoms with Gasteiger partial charge >= 0.3 is 12.1 Å². The number of amides is 2. The summed E-state index contributed by atoms with van der Waals surface area (Å²) in [5.74, 6) is -2.13. The molecule has 1 atom stereocenters. The zero-order valence-electron chi connectivity index (χ0n) is 18.1. The number of benzene rings is 2. The van der Waals surface area contributed by atoms with E-state index < -0.39 is 30.6 Å². The van der Waals surface area contributed by atoms with E-state index in [1.807, 2.05) is 48.5 Å². The Labute approximate surface area is 194 Å². The number of carboxylic acid groups (broad SMARTS) is 1. The number of fused-ring (bicyclic) bond motifs is 3. The smallest absolute Gasteiger partial charge is 0.407 e. The molecule has 176 valence electrons. The Morgan fingerprint density at radius 2 is 1.71 bits per heavy atom. The molecule has 1 unspecified atom stereocenters. The van der Waals surface area contributed by atoms with Crippen molar-refractivity contribution in [2.24, 2.45) is 0 Å². The lowest BCUT2D eigenvalue weighted by molar-refractivity contribution is -0.139. The molecule has 0 spiro atoms. The molecule has 10 nitrogen and oxygen atoms in total. The molecular formula is C24H23N3O7. The summed E-state index contributed by atoms with van der Waals surface area (Å²) in [7, 11) is 0. The summed E-state index contributed by atoms with van der Waals surface area (Å²) in [6.45, 7) is -0.464. The predicted molar refractivity (Wildman–Crippen MR) is 119 cm³/mol. The molecule has 0 aliphatic heterocycles. The Balaban J connectivity index is 1.35. The van der Waals surface area contributed by atoms with E-state index in [9.17, 15) is 14.4 Å². The first-order chi connectivity index (χ1) is 16.5. The maximum absolute atomic E-state index is 12.4. The monoisotopic (exact) mass is 465 g/mol. The third kappa shape index (κ3) is 4.76. The van der Waals surface area contributed by atoms with E-state index in [0.717, 1.165) is 28.6 Å². The minimum Gasteiger partial charge on any atom is -0.480 e. The Bertz CT molecular complexity index is 1160. The summed E-state index contributed by atoms with van der Waals surface area (Å²) >= 11 is 0. The van der Waals surface area contributed by atoms with Crippen molar-refractivity contribution in [1.82, 2.24) is 15.6 Å². The van der Waals surface area contributed by atoms with Gasteiger partial charge in [0, 0.05) is 18.9 Å². The Hall–Kier alpha value is -4.18. The van der Waals surface area contributed by atoms with Crippen LogP contribution in [0, 0.1) is 0 Å². The summed E-state index contributed by atoms with van der Waals surface area (Å²) in [6.07, 6.45) is 0.158. The highest BCUT2D eigenvalue weighted by Crippen LogP contribution is 2.44. The van der Waals surface area contributed by atoms with Crippen molar-refractivity contribution in [3.8, 4) is 11.1 Å². The highest BCUT2D eigenvalue weighted by Gasteiger charge is 2.29. The molecule has 4 N–H and O–H groups in total. The van der Waals surface area contributed by atoms with Crippen LogP contribution in [0.25, 0.3) is 11.1 Å². The topological polar surface area (TPSA) is 151 Å².